The zero-order valence-corrected chi connectivity index (χ0v) is 14.3. The number of halogens is 1. The first kappa shape index (κ1) is 18.1. The molecule has 0 bridgehead atoms. The summed E-state index contributed by atoms with van der Waals surface area (Å²) >= 11 is 0. The SMILES string of the molecule is COc1ccc(-c2noc(COc3cc(F)ccc3[N+](=O)[O-])n2)cc1OC. The highest BCUT2D eigenvalue weighted by atomic mass is 19.1. The predicted octanol–water partition coefficient (Wildman–Crippen LogP) is 3.38. The van der Waals surface area contributed by atoms with Crippen molar-refractivity contribution in [1.82, 2.24) is 10.1 Å². The number of nitro groups is 1. The quantitative estimate of drug-likeness (QED) is 0.457. The average Bonchev–Trinajstić information content (AvgIpc) is 3.14. The molecule has 3 aromatic rings. The number of hydrogen-bond acceptors (Lipinski definition) is 8. The lowest BCUT2D eigenvalue weighted by molar-refractivity contribution is -0.386. The summed E-state index contributed by atoms with van der Waals surface area (Å²) in [5, 5.41) is 14.8. The third-order valence-electron chi connectivity index (χ3n) is 3.58. The summed E-state index contributed by atoms with van der Waals surface area (Å²) in [6, 6.07) is 8.00. The summed E-state index contributed by atoms with van der Waals surface area (Å²) in [5.74, 6) is 0.486. The van der Waals surface area contributed by atoms with Crippen LogP contribution in [-0.4, -0.2) is 29.3 Å². The molecule has 0 N–H and O–H groups in total. The summed E-state index contributed by atoms with van der Waals surface area (Å²) in [6.07, 6.45) is 0. The number of nitro benzene ring substituents is 1. The molecule has 0 unspecified atom stereocenters. The van der Waals surface area contributed by atoms with Crippen LogP contribution in [0.3, 0.4) is 0 Å². The fraction of sp³-hybridized carbons (Fsp3) is 0.176. The van der Waals surface area contributed by atoms with E-state index in [-0.39, 0.29) is 29.8 Å². The lowest BCUT2D eigenvalue weighted by Gasteiger charge is -2.07. The van der Waals surface area contributed by atoms with E-state index in [9.17, 15) is 14.5 Å². The molecule has 0 radical (unpaired) electrons. The van der Waals surface area contributed by atoms with Gasteiger partial charge in [0.15, 0.2) is 18.1 Å². The number of hydrogen-bond donors (Lipinski definition) is 0. The minimum atomic E-state index is -0.669. The van der Waals surface area contributed by atoms with Gasteiger partial charge in [0.05, 0.1) is 19.1 Å². The fourth-order valence-corrected chi connectivity index (χ4v) is 2.30. The van der Waals surface area contributed by atoms with Crippen LogP contribution >= 0.6 is 0 Å². The zero-order valence-electron chi connectivity index (χ0n) is 14.3. The van der Waals surface area contributed by atoms with Crippen LogP contribution in [0.1, 0.15) is 5.89 Å². The summed E-state index contributed by atoms with van der Waals surface area (Å²) < 4.78 is 34.1. The van der Waals surface area contributed by atoms with Crippen LogP contribution in [0.2, 0.25) is 0 Å². The second-order valence-corrected chi connectivity index (χ2v) is 5.24. The number of rotatable bonds is 7. The van der Waals surface area contributed by atoms with E-state index in [2.05, 4.69) is 10.1 Å². The first-order chi connectivity index (χ1) is 13.0. The number of ether oxygens (including phenoxy) is 3. The van der Waals surface area contributed by atoms with Gasteiger partial charge < -0.3 is 18.7 Å². The van der Waals surface area contributed by atoms with Crippen molar-refractivity contribution in [2.24, 2.45) is 0 Å². The minimum Gasteiger partial charge on any atom is -0.493 e. The van der Waals surface area contributed by atoms with Crippen LogP contribution in [0.5, 0.6) is 17.2 Å². The Kier molecular flexibility index (Phi) is 5.15. The van der Waals surface area contributed by atoms with Crippen LogP contribution in [0.15, 0.2) is 40.9 Å². The standard InChI is InChI=1S/C17H14FN3O6/c1-24-13-6-3-10(7-15(13)25-2)17-19-16(27-20-17)9-26-14-8-11(18)4-5-12(14)21(22)23/h3-8H,9H2,1-2H3. The second kappa shape index (κ2) is 7.68. The highest BCUT2D eigenvalue weighted by Crippen LogP contribution is 2.31. The zero-order chi connectivity index (χ0) is 19.4. The first-order valence-electron chi connectivity index (χ1n) is 7.63. The Morgan fingerprint density at radius 1 is 1.11 bits per heavy atom. The van der Waals surface area contributed by atoms with Gasteiger partial charge in [-0.05, 0) is 24.3 Å². The molecular formula is C17H14FN3O6. The maximum Gasteiger partial charge on any atom is 0.311 e. The van der Waals surface area contributed by atoms with Crippen LogP contribution < -0.4 is 14.2 Å². The van der Waals surface area contributed by atoms with E-state index in [0.29, 0.717) is 17.1 Å². The van der Waals surface area contributed by atoms with Crippen molar-refractivity contribution in [2.45, 2.75) is 6.61 Å². The van der Waals surface area contributed by atoms with E-state index in [1.807, 2.05) is 0 Å². The molecule has 140 valence electrons. The molecule has 27 heavy (non-hydrogen) atoms. The predicted molar refractivity (Wildman–Crippen MR) is 90.2 cm³/mol. The topological polar surface area (TPSA) is 110 Å². The molecule has 0 aliphatic carbocycles. The van der Waals surface area contributed by atoms with E-state index < -0.39 is 10.7 Å². The maximum absolute atomic E-state index is 13.3. The van der Waals surface area contributed by atoms with Gasteiger partial charge in [0, 0.05) is 17.7 Å². The number of nitrogens with zero attached hydrogens (tertiary/aromatic N) is 3. The fourth-order valence-electron chi connectivity index (χ4n) is 2.30. The molecule has 0 spiro atoms. The largest absolute Gasteiger partial charge is 0.493 e. The summed E-state index contributed by atoms with van der Waals surface area (Å²) in [5.41, 5.74) is 0.246. The van der Waals surface area contributed by atoms with Gasteiger partial charge in [0.1, 0.15) is 5.82 Å². The van der Waals surface area contributed by atoms with Gasteiger partial charge in [-0.3, -0.25) is 10.1 Å². The van der Waals surface area contributed by atoms with Crippen molar-refractivity contribution in [3.05, 3.63) is 58.2 Å². The van der Waals surface area contributed by atoms with Crippen molar-refractivity contribution in [1.29, 1.82) is 0 Å². The maximum atomic E-state index is 13.3. The van der Waals surface area contributed by atoms with Gasteiger partial charge in [-0.15, -0.1) is 0 Å². The Balaban J connectivity index is 1.78. The third-order valence-corrected chi connectivity index (χ3v) is 3.58. The molecule has 9 nitrogen and oxygen atoms in total. The Hall–Kier alpha value is -3.69. The average molecular weight is 375 g/mol. The van der Waals surface area contributed by atoms with Crippen LogP contribution in [0.4, 0.5) is 10.1 Å². The monoisotopic (exact) mass is 375 g/mol. The molecule has 0 atom stereocenters. The molecule has 10 heteroatoms. The van der Waals surface area contributed by atoms with Crippen molar-refractivity contribution in [3.8, 4) is 28.6 Å². The molecular weight excluding hydrogens is 361 g/mol. The van der Waals surface area contributed by atoms with Crippen LogP contribution in [-0.2, 0) is 6.61 Å². The Bertz CT molecular complexity index is 975. The molecule has 0 saturated heterocycles. The first-order valence-corrected chi connectivity index (χ1v) is 7.63. The summed E-state index contributed by atoms with van der Waals surface area (Å²) in [6.45, 7) is -0.259. The molecule has 3 rings (SSSR count). The van der Waals surface area contributed by atoms with Crippen molar-refractivity contribution < 1.29 is 28.0 Å². The van der Waals surface area contributed by atoms with Gasteiger partial charge in [-0.1, -0.05) is 5.16 Å². The van der Waals surface area contributed by atoms with Crippen molar-refractivity contribution >= 4 is 5.69 Å². The number of benzene rings is 2. The highest BCUT2D eigenvalue weighted by Gasteiger charge is 2.18. The number of aromatic nitrogens is 2. The van der Waals surface area contributed by atoms with Gasteiger partial charge in [0.2, 0.25) is 11.6 Å². The molecule has 0 aliphatic rings. The summed E-state index contributed by atoms with van der Waals surface area (Å²) in [7, 11) is 3.02. The molecule has 2 aromatic carbocycles. The van der Waals surface area contributed by atoms with Gasteiger partial charge in [-0.2, -0.15) is 4.98 Å². The molecule has 0 aliphatic heterocycles. The second-order valence-electron chi connectivity index (χ2n) is 5.24. The van der Waals surface area contributed by atoms with E-state index in [4.69, 9.17) is 18.7 Å². The van der Waals surface area contributed by atoms with Crippen LogP contribution in [0.25, 0.3) is 11.4 Å². The van der Waals surface area contributed by atoms with E-state index in [1.165, 1.54) is 14.2 Å². The Morgan fingerprint density at radius 2 is 1.89 bits per heavy atom. The molecule has 1 aromatic heterocycles. The van der Waals surface area contributed by atoms with E-state index >= 15 is 0 Å². The van der Waals surface area contributed by atoms with E-state index in [0.717, 1.165) is 18.2 Å². The Morgan fingerprint density at radius 3 is 2.59 bits per heavy atom. The highest BCUT2D eigenvalue weighted by molar-refractivity contribution is 5.60. The molecule has 0 fully saturated rings. The molecule has 0 amide bonds. The van der Waals surface area contributed by atoms with Gasteiger partial charge in [-0.25, -0.2) is 4.39 Å². The van der Waals surface area contributed by atoms with Crippen LogP contribution in [0, 0.1) is 15.9 Å². The van der Waals surface area contributed by atoms with Crippen molar-refractivity contribution in [3.63, 3.8) is 0 Å². The van der Waals surface area contributed by atoms with Crippen molar-refractivity contribution in [2.75, 3.05) is 14.2 Å². The lowest BCUT2D eigenvalue weighted by Crippen LogP contribution is -2.00. The third kappa shape index (κ3) is 3.94. The summed E-state index contributed by atoms with van der Waals surface area (Å²) in [4.78, 5) is 14.5. The van der Waals surface area contributed by atoms with Gasteiger partial charge in [0.25, 0.3) is 5.89 Å². The Labute approximate surface area is 152 Å². The molecule has 0 saturated carbocycles. The van der Waals surface area contributed by atoms with E-state index in [1.54, 1.807) is 18.2 Å². The smallest absolute Gasteiger partial charge is 0.311 e. The lowest BCUT2D eigenvalue weighted by atomic mass is 10.2. The minimum absolute atomic E-state index is 0.0679. The van der Waals surface area contributed by atoms with Gasteiger partial charge >= 0.3 is 5.69 Å². The molecule has 1 heterocycles. The normalized spacial score (nSPS) is 10.5. The number of methoxy groups -OCH3 is 2.